The van der Waals surface area contributed by atoms with Crippen molar-refractivity contribution < 1.29 is 23.8 Å². The lowest BCUT2D eigenvalue weighted by Gasteiger charge is -2.24. The summed E-state index contributed by atoms with van der Waals surface area (Å²) in [7, 11) is 0. The van der Waals surface area contributed by atoms with Gasteiger partial charge in [0.2, 0.25) is 0 Å². The molecular weight excluding hydrogens is 404 g/mol. The summed E-state index contributed by atoms with van der Waals surface area (Å²) in [5, 5.41) is 2.90. The predicted molar refractivity (Wildman–Crippen MR) is 120 cm³/mol. The molecule has 1 saturated heterocycles. The number of thiol groups is 1. The second kappa shape index (κ2) is 12.0. The Hall–Kier alpha value is -2.87. The molecule has 1 aliphatic heterocycles. The maximum atomic E-state index is 12.7. The molecule has 1 N–H and O–H groups in total. The number of benzene rings is 1. The first-order chi connectivity index (χ1) is 14.5. The summed E-state index contributed by atoms with van der Waals surface area (Å²) in [5.74, 6) is 0.671. The lowest BCUT2D eigenvalue weighted by Crippen LogP contribution is -2.43. The Balaban J connectivity index is 2.03. The molecule has 1 aromatic rings. The molecule has 2 rings (SSSR count). The molecule has 1 heterocycles. The molecule has 0 bridgehead atoms. The second-order valence-corrected chi connectivity index (χ2v) is 7.36. The zero-order chi connectivity index (χ0) is 21.9. The van der Waals surface area contributed by atoms with E-state index in [0.717, 1.165) is 0 Å². The predicted octanol–water partition coefficient (Wildman–Crippen LogP) is 3.24. The van der Waals surface area contributed by atoms with Crippen molar-refractivity contribution in [1.29, 1.82) is 0 Å². The molecule has 0 spiro atoms. The van der Waals surface area contributed by atoms with E-state index in [0.29, 0.717) is 36.6 Å². The van der Waals surface area contributed by atoms with Gasteiger partial charge in [-0.3, -0.25) is 4.79 Å². The van der Waals surface area contributed by atoms with Crippen molar-refractivity contribution in [2.45, 2.75) is 17.7 Å². The molecular formula is C22H28N2O5S. The van der Waals surface area contributed by atoms with Crippen molar-refractivity contribution in [2.75, 3.05) is 32.9 Å². The Bertz CT molecular complexity index is 783. The summed E-state index contributed by atoms with van der Waals surface area (Å²) in [6.45, 7) is 12.3. The molecule has 2 atom stereocenters. The van der Waals surface area contributed by atoms with Crippen LogP contribution in [0.4, 0.5) is 4.79 Å². The molecule has 0 radical (unpaired) electrons. The first-order valence-electron chi connectivity index (χ1n) is 9.62. The van der Waals surface area contributed by atoms with E-state index in [4.69, 9.17) is 14.2 Å². The number of ether oxygens (including phenoxy) is 3. The van der Waals surface area contributed by atoms with Gasteiger partial charge >= 0.3 is 6.09 Å². The van der Waals surface area contributed by atoms with E-state index in [1.807, 2.05) is 0 Å². The number of carbonyl (C=O) groups excluding carboxylic acids is 2. The molecule has 8 heteroatoms. The van der Waals surface area contributed by atoms with Crippen LogP contribution in [0.1, 0.15) is 16.8 Å². The van der Waals surface area contributed by atoms with Gasteiger partial charge < -0.3 is 24.4 Å². The maximum Gasteiger partial charge on any atom is 0.410 e. The van der Waals surface area contributed by atoms with Crippen molar-refractivity contribution in [3.8, 4) is 11.5 Å². The number of rotatable bonds is 11. The highest BCUT2D eigenvalue weighted by Crippen LogP contribution is 2.29. The van der Waals surface area contributed by atoms with Crippen molar-refractivity contribution >= 4 is 24.6 Å². The molecule has 0 aromatic heterocycles. The Labute approximate surface area is 182 Å². The van der Waals surface area contributed by atoms with Crippen molar-refractivity contribution in [3.63, 3.8) is 0 Å². The van der Waals surface area contributed by atoms with Gasteiger partial charge in [0, 0.05) is 23.9 Å². The van der Waals surface area contributed by atoms with E-state index < -0.39 is 6.09 Å². The van der Waals surface area contributed by atoms with Crippen LogP contribution in [0, 0.1) is 0 Å². The van der Waals surface area contributed by atoms with Crippen LogP contribution in [0.5, 0.6) is 11.5 Å². The molecule has 0 saturated carbocycles. The summed E-state index contributed by atoms with van der Waals surface area (Å²) in [5.41, 5.74) is 0.418. The summed E-state index contributed by atoms with van der Waals surface area (Å²) in [6.07, 6.45) is 4.97. The zero-order valence-electron chi connectivity index (χ0n) is 16.9. The highest BCUT2D eigenvalue weighted by Gasteiger charge is 2.34. The Kier molecular flexibility index (Phi) is 9.34. The third-order valence-corrected chi connectivity index (χ3v) is 4.74. The molecule has 1 fully saturated rings. The normalized spacial score (nSPS) is 17.7. The van der Waals surface area contributed by atoms with Gasteiger partial charge in [-0.25, -0.2) is 4.79 Å². The minimum absolute atomic E-state index is 0.0309. The number of hydrogen-bond donors (Lipinski definition) is 2. The van der Waals surface area contributed by atoms with Crippen LogP contribution in [0.2, 0.25) is 0 Å². The lowest BCUT2D eigenvalue weighted by molar-refractivity contribution is 0.0911. The van der Waals surface area contributed by atoms with Crippen molar-refractivity contribution in [3.05, 3.63) is 61.7 Å². The number of amides is 2. The summed E-state index contributed by atoms with van der Waals surface area (Å²) in [4.78, 5) is 26.5. The smallest absolute Gasteiger partial charge is 0.410 e. The van der Waals surface area contributed by atoms with Crippen LogP contribution in [0.3, 0.4) is 0 Å². The fraction of sp³-hybridized carbons (Fsp3) is 0.364. The fourth-order valence-corrected chi connectivity index (χ4v) is 3.43. The van der Waals surface area contributed by atoms with E-state index in [9.17, 15) is 9.59 Å². The first kappa shape index (κ1) is 23.4. The second-order valence-electron chi connectivity index (χ2n) is 6.63. The topological polar surface area (TPSA) is 77.1 Å². The first-order valence-corrected chi connectivity index (χ1v) is 10.1. The van der Waals surface area contributed by atoms with Crippen LogP contribution in [0.15, 0.2) is 56.2 Å². The van der Waals surface area contributed by atoms with Crippen molar-refractivity contribution in [1.82, 2.24) is 10.2 Å². The number of hydrogen-bond acceptors (Lipinski definition) is 6. The van der Waals surface area contributed by atoms with E-state index in [-0.39, 0.29) is 37.0 Å². The zero-order valence-corrected chi connectivity index (χ0v) is 17.8. The lowest BCUT2D eigenvalue weighted by atomic mass is 10.1. The van der Waals surface area contributed by atoms with Crippen LogP contribution in [-0.4, -0.2) is 61.1 Å². The van der Waals surface area contributed by atoms with Gasteiger partial charge in [-0.05, 0) is 24.6 Å². The number of nitrogens with one attached hydrogen (secondary N) is 1. The van der Waals surface area contributed by atoms with Gasteiger partial charge in [-0.1, -0.05) is 38.0 Å². The highest BCUT2D eigenvalue weighted by atomic mass is 32.1. The van der Waals surface area contributed by atoms with Gasteiger partial charge in [0.25, 0.3) is 5.91 Å². The minimum atomic E-state index is -0.436. The van der Waals surface area contributed by atoms with Gasteiger partial charge in [-0.2, -0.15) is 12.6 Å². The molecule has 1 aromatic carbocycles. The minimum Gasteiger partial charge on any atom is -0.486 e. The summed E-state index contributed by atoms with van der Waals surface area (Å²) < 4.78 is 16.3. The third-order valence-electron chi connectivity index (χ3n) is 4.37. The van der Waals surface area contributed by atoms with Crippen LogP contribution in [0.25, 0.3) is 0 Å². The highest BCUT2D eigenvalue weighted by molar-refractivity contribution is 7.81. The molecule has 2 unspecified atom stereocenters. The quantitative estimate of drug-likeness (QED) is 0.415. The average Bonchev–Trinajstić information content (AvgIpc) is 3.13. The molecule has 2 amide bonds. The SMILES string of the molecule is C=CCOC(=O)N1CC(S)CC1CNC(=O)c1ccc(OCC=C)c(OCC=C)c1. The number of likely N-dealkylation sites (tertiary alicyclic amines) is 1. The van der Waals surface area contributed by atoms with E-state index in [2.05, 4.69) is 37.7 Å². The van der Waals surface area contributed by atoms with Gasteiger partial charge in [0.1, 0.15) is 19.8 Å². The molecule has 7 nitrogen and oxygen atoms in total. The van der Waals surface area contributed by atoms with Crippen LogP contribution >= 0.6 is 12.6 Å². The summed E-state index contributed by atoms with van der Waals surface area (Å²) >= 11 is 4.47. The Morgan fingerprint density at radius 1 is 1.10 bits per heavy atom. The third kappa shape index (κ3) is 6.59. The van der Waals surface area contributed by atoms with E-state index in [1.165, 1.54) is 6.08 Å². The molecule has 0 aliphatic carbocycles. The van der Waals surface area contributed by atoms with Gasteiger partial charge in [0.05, 0.1) is 6.04 Å². The average molecular weight is 433 g/mol. The van der Waals surface area contributed by atoms with Crippen molar-refractivity contribution in [2.24, 2.45) is 0 Å². The van der Waals surface area contributed by atoms with Crippen LogP contribution in [-0.2, 0) is 4.74 Å². The molecule has 1 aliphatic rings. The standard InChI is InChI=1S/C22H28N2O5S/c1-4-9-27-19-8-7-16(12-20(19)28-10-5-2)21(25)23-14-17-13-18(30)15-24(17)22(26)29-11-6-3/h4-8,12,17-18,30H,1-3,9-11,13-15H2,(H,23,25). The largest absolute Gasteiger partial charge is 0.486 e. The number of nitrogens with zero attached hydrogens (tertiary/aromatic N) is 1. The van der Waals surface area contributed by atoms with Gasteiger partial charge in [-0.15, -0.1) is 0 Å². The van der Waals surface area contributed by atoms with E-state index in [1.54, 1.807) is 35.3 Å². The monoisotopic (exact) mass is 432 g/mol. The van der Waals surface area contributed by atoms with Gasteiger partial charge in [0.15, 0.2) is 11.5 Å². The van der Waals surface area contributed by atoms with E-state index >= 15 is 0 Å². The van der Waals surface area contributed by atoms with Crippen LogP contribution < -0.4 is 14.8 Å². The number of carbonyl (C=O) groups is 2. The summed E-state index contributed by atoms with van der Waals surface area (Å²) in [6, 6.07) is 4.75. The maximum absolute atomic E-state index is 12.7. The molecule has 162 valence electrons. The Morgan fingerprint density at radius 3 is 2.43 bits per heavy atom. The fourth-order valence-electron chi connectivity index (χ4n) is 3.01. The molecule has 30 heavy (non-hydrogen) atoms. The Morgan fingerprint density at radius 2 is 1.77 bits per heavy atom.